The molecule has 19 heavy (non-hydrogen) atoms. The van der Waals surface area contributed by atoms with Crippen molar-refractivity contribution in [3.63, 3.8) is 0 Å². The van der Waals surface area contributed by atoms with Gasteiger partial charge in [0.05, 0.1) is 11.5 Å². The molecule has 0 aromatic heterocycles. The zero-order valence-electron chi connectivity index (χ0n) is 10.3. The molecule has 0 saturated carbocycles. The van der Waals surface area contributed by atoms with E-state index in [0.29, 0.717) is 0 Å². The van der Waals surface area contributed by atoms with Crippen LogP contribution in [-0.2, 0) is 4.79 Å². The summed E-state index contributed by atoms with van der Waals surface area (Å²) in [5.74, 6) is -1.04. The molecule has 0 radical (unpaired) electrons. The molecule has 0 saturated heterocycles. The van der Waals surface area contributed by atoms with Gasteiger partial charge in [-0.25, -0.2) is 0 Å². The Bertz CT molecular complexity index is 531. The van der Waals surface area contributed by atoms with Crippen molar-refractivity contribution in [2.75, 3.05) is 20.6 Å². The number of rotatable bonds is 4. The summed E-state index contributed by atoms with van der Waals surface area (Å²) in [5, 5.41) is 13.0. The minimum Gasteiger partial charge on any atom is -0.347 e. The van der Waals surface area contributed by atoms with Gasteiger partial charge in [0.2, 0.25) is 5.91 Å². The van der Waals surface area contributed by atoms with Gasteiger partial charge in [0.1, 0.15) is 10.6 Å². The molecule has 0 aliphatic rings. The van der Waals surface area contributed by atoms with E-state index >= 15 is 0 Å². The molecule has 7 nitrogen and oxygen atoms in total. The van der Waals surface area contributed by atoms with E-state index in [1.54, 1.807) is 0 Å². The number of hydrogen-bond acceptors (Lipinski definition) is 4. The number of amides is 2. The molecule has 0 aliphatic carbocycles. The average molecular weight is 286 g/mol. The third kappa shape index (κ3) is 3.65. The number of nitro benzene ring substituents is 1. The number of carbonyl (C=O) groups is 2. The first-order chi connectivity index (χ1) is 8.84. The number of nitrogens with zero attached hydrogens (tertiary/aromatic N) is 2. The van der Waals surface area contributed by atoms with E-state index in [2.05, 4.69) is 5.32 Å². The van der Waals surface area contributed by atoms with Crippen molar-refractivity contribution in [3.8, 4) is 0 Å². The van der Waals surface area contributed by atoms with Crippen molar-refractivity contribution >= 4 is 29.1 Å². The van der Waals surface area contributed by atoms with Gasteiger partial charge in [-0.1, -0.05) is 17.7 Å². The number of carbonyl (C=O) groups excluding carboxylic acids is 2. The Labute approximate surface area is 114 Å². The van der Waals surface area contributed by atoms with Crippen LogP contribution in [0.5, 0.6) is 0 Å². The second-order valence-electron chi connectivity index (χ2n) is 3.86. The van der Waals surface area contributed by atoms with E-state index in [1.807, 2.05) is 0 Å². The van der Waals surface area contributed by atoms with Crippen LogP contribution >= 0.6 is 11.6 Å². The molecule has 1 aromatic rings. The van der Waals surface area contributed by atoms with E-state index in [-0.39, 0.29) is 23.0 Å². The van der Waals surface area contributed by atoms with Gasteiger partial charge in [-0.2, -0.15) is 0 Å². The maximum atomic E-state index is 11.8. The summed E-state index contributed by atoms with van der Waals surface area (Å²) < 4.78 is 0. The number of halogens is 1. The average Bonchev–Trinajstić information content (AvgIpc) is 2.34. The third-order valence-corrected chi connectivity index (χ3v) is 2.62. The Balaban J connectivity index is 2.92. The number of nitrogens with one attached hydrogen (secondary N) is 1. The first kappa shape index (κ1) is 14.9. The summed E-state index contributed by atoms with van der Waals surface area (Å²) in [6, 6.07) is 4.03. The highest BCUT2D eigenvalue weighted by atomic mass is 35.5. The first-order valence-corrected chi connectivity index (χ1v) is 5.63. The molecular formula is C11H12ClN3O4. The maximum absolute atomic E-state index is 11.8. The molecule has 1 rings (SSSR count). The summed E-state index contributed by atoms with van der Waals surface area (Å²) in [6.45, 7) is -0.241. The fraction of sp³-hybridized carbons (Fsp3) is 0.273. The standard InChI is InChI=1S/C11H12ClN3O4/c1-14(2)9(16)6-13-11(17)7-4-3-5-8(12)10(7)15(18)19/h3-5H,6H2,1-2H3,(H,13,17). The Morgan fingerprint density at radius 3 is 2.58 bits per heavy atom. The zero-order chi connectivity index (χ0) is 14.6. The summed E-state index contributed by atoms with van der Waals surface area (Å²) in [6.07, 6.45) is 0. The van der Waals surface area contributed by atoms with Crippen LogP contribution in [0, 0.1) is 10.1 Å². The summed E-state index contributed by atoms with van der Waals surface area (Å²) in [5.41, 5.74) is -0.650. The van der Waals surface area contributed by atoms with Crippen LogP contribution in [0.15, 0.2) is 18.2 Å². The van der Waals surface area contributed by atoms with Gasteiger partial charge in [0.25, 0.3) is 5.91 Å². The minimum atomic E-state index is -0.731. The van der Waals surface area contributed by atoms with Crippen molar-refractivity contribution in [2.45, 2.75) is 0 Å². The molecular weight excluding hydrogens is 274 g/mol. The van der Waals surface area contributed by atoms with Crippen LogP contribution in [0.1, 0.15) is 10.4 Å². The summed E-state index contributed by atoms with van der Waals surface area (Å²) >= 11 is 5.68. The minimum absolute atomic E-state index is 0.128. The Morgan fingerprint density at radius 1 is 1.42 bits per heavy atom. The Kier molecular flexibility index (Phi) is 4.82. The number of likely N-dealkylation sites (N-methyl/N-ethyl adjacent to an activating group) is 1. The highest BCUT2D eigenvalue weighted by Crippen LogP contribution is 2.27. The van der Waals surface area contributed by atoms with Crippen molar-refractivity contribution < 1.29 is 14.5 Å². The van der Waals surface area contributed by atoms with Gasteiger partial charge in [0, 0.05) is 14.1 Å². The van der Waals surface area contributed by atoms with E-state index in [0.717, 1.165) is 0 Å². The molecule has 102 valence electrons. The maximum Gasteiger partial charge on any atom is 0.300 e. The van der Waals surface area contributed by atoms with Gasteiger partial charge in [-0.15, -0.1) is 0 Å². The van der Waals surface area contributed by atoms with Gasteiger partial charge >= 0.3 is 5.69 Å². The lowest BCUT2D eigenvalue weighted by Gasteiger charge is -2.11. The second-order valence-corrected chi connectivity index (χ2v) is 4.27. The van der Waals surface area contributed by atoms with Crippen LogP contribution in [0.4, 0.5) is 5.69 Å². The molecule has 2 amide bonds. The first-order valence-electron chi connectivity index (χ1n) is 5.26. The second kappa shape index (κ2) is 6.14. The largest absolute Gasteiger partial charge is 0.347 e. The SMILES string of the molecule is CN(C)C(=O)CNC(=O)c1cccc(Cl)c1[N+](=O)[O-]. The molecule has 8 heteroatoms. The predicted octanol–water partition coefficient (Wildman–Crippen LogP) is 1.07. The Morgan fingerprint density at radius 2 is 2.05 bits per heavy atom. The summed E-state index contributed by atoms with van der Waals surface area (Å²) in [7, 11) is 3.08. The molecule has 0 aliphatic heterocycles. The zero-order valence-corrected chi connectivity index (χ0v) is 11.1. The molecule has 0 atom stereocenters. The molecule has 0 bridgehead atoms. The van der Waals surface area contributed by atoms with Crippen molar-refractivity contribution in [3.05, 3.63) is 38.9 Å². The van der Waals surface area contributed by atoms with Crippen LogP contribution in [0.3, 0.4) is 0 Å². The normalized spacial score (nSPS) is 9.84. The predicted molar refractivity (Wildman–Crippen MR) is 69.1 cm³/mol. The van der Waals surface area contributed by atoms with E-state index < -0.39 is 16.5 Å². The van der Waals surface area contributed by atoms with Gasteiger partial charge in [-0.3, -0.25) is 19.7 Å². The van der Waals surface area contributed by atoms with E-state index in [4.69, 9.17) is 11.6 Å². The number of hydrogen-bond donors (Lipinski definition) is 1. The smallest absolute Gasteiger partial charge is 0.300 e. The van der Waals surface area contributed by atoms with Crippen LogP contribution < -0.4 is 5.32 Å². The lowest BCUT2D eigenvalue weighted by molar-refractivity contribution is -0.385. The number of nitro groups is 1. The fourth-order valence-electron chi connectivity index (χ4n) is 1.29. The van der Waals surface area contributed by atoms with Crippen LogP contribution in [0.2, 0.25) is 5.02 Å². The molecule has 1 N–H and O–H groups in total. The highest BCUT2D eigenvalue weighted by molar-refractivity contribution is 6.33. The van der Waals surface area contributed by atoms with E-state index in [1.165, 1.54) is 37.2 Å². The lowest BCUT2D eigenvalue weighted by Crippen LogP contribution is -2.36. The highest BCUT2D eigenvalue weighted by Gasteiger charge is 2.23. The molecule has 0 spiro atoms. The fourth-order valence-corrected chi connectivity index (χ4v) is 1.54. The number of benzene rings is 1. The van der Waals surface area contributed by atoms with Crippen molar-refractivity contribution in [1.82, 2.24) is 10.2 Å². The quantitative estimate of drug-likeness (QED) is 0.661. The van der Waals surface area contributed by atoms with Gasteiger partial charge < -0.3 is 10.2 Å². The molecule has 0 heterocycles. The topological polar surface area (TPSA) is 92.6 Å². The van der Waals surface area contributed by atoms with Crippen molar-refractivity contribution in [2.24, 2.45) is 0 Å². The van der Waals surface area contributed by atoms with Gasteiger partial charge in [0.15, 0.2) is 0 Å². The molecule has 0 unspecified atom stereocenters. The van der Waals surface area contributed by atoms with Crippen LogP contribution in [-0.4, -0.2) is 42.3 Å². The van der Waals surface area contributed by atoms with E-state index in [9.17, 15) is 19.7 Å². The van der Waals surface area contributed by atoms with Gasteiger partial charge in [-0.05, 0) is 12.1 Å². The summed E-state index contributed by atoms with van der Waals surface area (Å²) in [4.78, 5) is 34.5. The lowest BCUT2D eigenvalue weighted by atomic mass is 10.1. The Hall–Kier alpha value is -2.15. The molecule has 1 aromatic carbocycles. The van der Waals surface area contributed by atoms with Crippen LogP contribution in [0.25, 0.3) is 0 Å². The number of para-hydroxylation sites is 1. The third-order valence-electron chi connectivity index (χ3n) is 2.31. The van der Waals surface area contributed by atoms with Crippen molar-refractivity contribution in [1.29, 1.82) is 0 Å². The monoisotopic (exact) mass is 285 g/mol. The molecule has 0 fully saturated rings.